The van der Waals surface area contributed by atoms with E-state index in [0.717, 1.165) is 89.9 Å². The van der Waals surface area contributed by atoms with E-state index in [9.17, 15) is 35.1 Å². The van der Waals surface area contributed by atoms with Crippen LogP contribution in [0.4, 0.5) is 0 Å². The summed E-state index contributed by atoms with van der Waals surface area (Å²) < 4.78 is 17.7. The lowest BCUT2D eigenvalue weighted by molar-refractivity contribution is -0.305. The zero-order valence-electron chi connectivity index (χ0n) is 55.9. The van der Waals surface area contributed by atoms with Crippen molar-refractivity contribution in [2.75, 3.05) is 13.2 Å². The molecule has 0 bridgehead atoms. The summed E-state index contributed by atoms with van der Waals surface area (Å²) in [7, 11) is 0. The van der Waals surface area contributed by atoms with Gasteiger partial charge in [0.05, 0.1) is 25.4 Å². The number of hydrogen-bond acceptors (Lipinski definition) is 10. The normalized spacial score (nSPS) is 18.8. The van der Waals surface area contributed by atoms with E-state index >= 15 is 0 Å². The highest BCUT2D eigenvalue weighted by molar-refractivity contribution is 5.80. The summed E-state index contributed by atoms with van der Waals surface area (Å²) in [6, 6.07) is -1.05. The van der Waals surface area contributed by atoms with Gasteiger partial charge in [-0.05, 0) is 109 Å². The van der Waals surface area contributed by atoms with Crippen LogP contribution in [0.1, 0.15) is 310 Å². The van der Waals surface area contributed by atoms with Crippen LogP contribution in [0, 0.1) is 0 Å². The van der Waals surface area contributed by atoms with Gasteiger partial charge >= 0.3 is 5.97 Å². The molecule has 1 amide bonds. The topological polar surface area (TPSA) is 175 Å². The van der Waals surface area contributed by atoms with E-state index in [1.54, 1.807) is 6.08 Å². The number of ether oxygens (including phenoxy) is 3. The van der Waals surface area contributed by atoms with Crippen LogP contribution in [0.5, 0.6) is 0 Å². The van der Waals surface area contributed by atoms with Crippen molar-refractivity contribution in [1.29, 1.82) is 0 Å². The van der Waals surface area contributed by atoms with Crippen LogP contribution in [0.3, 0.4) is 0 Å². The summed E-state index contributed by atoms with van der Waals surface area (Å²) in [5, 5.41) is 57.2. The van der Waals surface area contributed by atoms with Gasteiger partial charge in [-0.2, -0.15) is 0 Å². The summed E-state index contributed by atoms with van der Waals surface area (Å²) in [6.07, 6.45) is 74.4. The lowest BCUT2D eigenvalue weighted by atomic mass is 9.99. The van der Waals surface area contributed by atoms with Crippen molar-refractivity contribution < 1.29 is 49.3 Å². The fraction of sp³-hybridized carbons (Fsp3) is 0.763. The molecular formula is C76H133NO10. The number of unbranched alkanes of at least 4 members (excludes halogenated alkanes) is 33. The van der Waals surface area contributed by atoms with Crippen molar-refractivity contribution in [2.24, 2.45) is 0 Å². The number of nitrogens with one attached hydrogen (secondary N) is 1. The minimum atomic E-state index is -1.63. The maximum Gasteiger partial charge on any atom is 0.306 e. The average molecular weight is 1220 g/mol. The van der Waals surface area contributed by atoms with Crippen molar-refractivity contribution in [3.8, 4) is 0 Å². The maximum absolute atomic E-state index is 13.5. The highest BCUT2D eigenvalue weighted by atomic mass is 16.7. The number of aliphatic hydroxyl groups excluding tert-OH is 5. The first-order valence-electron chi connectivity index (χ1n) is 36.0. The molecule has 1 heterocycles. The van der Waals surface area contributed by atoms with Crippen molar-refractivity contribution in [3.05, 3.63) is 97.2 Å². The molecule has 11 heteroatoms. The minimum Gasteiger partial charge on any atom is -0.454 e. The van der Waals surface area contributed by atoms with Crippen molar-refractivity contribution in [1.82, 2.24) is 5.32 Å². The molecule has 502 valence electrons. The lowest BCUT2D eigenvalue weighted by Crippen LogP contribution is -2.61. The van der Waals surface area contributed by atoms with E-state index in [-0.39, 0.29) is 19.4 Å². The number of aliphatic hydroxyl groups is 5. The maximum atomic E-state index is 13.5. The molecule has 0 aromatic carbocycles. The largest absolute Gasteiger partial charge is 0.454 e. The van der Waals surface area contributed by atoms with Crippen LogP contribution < -0.4 is 5.32 Å². The molecule has 11 nitrogen and oxygen atoms in total. The summed E-state index contributed by atoms with van der Waals surface area (Å²) in [5.41, 5.74) is 0. The van der Waals surface area contributed by atoms with Crippen LogP contribution in [0.2, 0.25) is 0 Å². The Balaban J connectivity index is 2.58. The van der Waals surface area contributed by atoms with Crippen molar-refractivity contribution >= 4 is 11.9 Å². The highest BCUT2D eigenvalue weighted by Gasteiger charge is 2.47. The molecule has 0 radical (unpaired) electrons. The van der Waals surface area contributed by atoms with Gasteiger partial charge in [-0.25, -0.2) is 0 Å². The monoisotopic (exact) mass is 1220 g/mol. The first-order chi connectivity index (χ1) is 42.7. The fourth-order valence-corrected chi connectivity index (χ4v) is 10.8. The first-order valence-corrected chi connectivity index (χ1v) is 36.0. The van der Waals surface area contributed by atoms with Crippen LogP contribution in [0.15, 0.2) is 97.2 Å². The smallest absolute Gasteiger partial charge is 0.306 e. The van der Waals surface area contributed by atoms with Crippen molar-refractivity contribution in [2.45, 2.75) is 359 Å². The van der Waals surface area contributed by atoms with Gasteiger partial charge in [0, 0.05) is 6.42 Å². The number of amides is 1. The van der Waals surface area contributed by atoms with E-state index < -0.39 is 67.4 Å². The predicted molar refractivity (Wildman–Crippen MR) is 365 cm³/mol. The van der Waals surface area contributed by atoms with Crippen LogP contribution >= 0.6 is 0 Å². The average Bonchev–Trinajstić information content (AvgIpc) is 2.75. The molecule has 6 N–H and O–H groups in total. The van der Waals surface area contributed by atoms with Gasteiger partial charge in [0.1, 0.15) is 24.4 Å². The molecule has 1 aliphatic heterocycles. The molecule has 1 fully saturated rings. The Morgan fingerprint density at radius 1 is 0.448 bits per heavy atom. The van der Waals surface area contributed by atoms with Crippen LogP contribution in [0.25, 0.3) is 0 Å². The Kier molecular flexibility index (Phi) is 58.9. The second-order valence-corrected chi connectivity index (χ2v) is 24.6. The standard InChI is InChI=1S/C76H133NO10/c1-4-7-10-13-16-19-22-25-27-29-31-32-33-34-35-36-37-38-39-41-43-46-49-52-55-58-61-64-71(81)87-74-73(83)72(82)70(65-78)86-76(74)85-66-67(68(79)62-59-56-53-50-47-44-24-21-18-15-12-9-6-3)77-75(84)69(80)63-60-57-54-51-48-45-42-40-30-28-26-23-20-17-14-11-8-5-2/h16-17,19-20,25-28,31-32,40,42,48,51,59,62,67-70,72-74,76,78-80,82-83H,4-15,18,21-24,29-30,33-39,41,43-47,49-50,52-58,60-61,63-66H2,1-3H3,(H,77,84)/b19-16-,20-17-,27-25-,28-26-,32-31-,42-40-,51-48-,62-59+. The van der Waals surface area contributed by atoms with Gasteiger partial charge in [-0.3, -0.25) is 9.59 Å². The number of allylic oxidation sites excluding steroid dienone is 15. The molecule has 1 aliphatic rings. The summed E-state index contributed by atoms with van der Waals surface area (Å²) in [5.74, 6) is -1.23. The van der Waals surface area contributed by atoms with E-state index in [4.69, 9.17) is 14.2 Å². The van der Waals surface area contributed by atoms with Gasteiger partial charge in [-0.1, -0.05) is 291 Å². The van der Waals surface area contributed by atoms with Gasteiger partial charge in [0.15, 0.2) is 12.4 Å². The van der Waals surface area contributed by atoms with E-state index in [1.807, 2.05) is 6.08 Å². The molecule has 0 aliphatic carbocycles. The summed E-state index contributed by atoms with van der Waals surface area (Å²) in [4.78, 5) is 26.7. The van der Waals surface area contributed by atoms with Gasteiger partial charge in [0.25, 0.3) is 0 Å². The van der Waals surface area contributed by atoms with E-state index in [2.05, 4.69) is 111 Å². The third-order valence-corrected chi connectivity index (χ3v) is 16.5. The second-order valence-electron chi connectivity index (χ2n) is 24.6. The van der Waals surface area contributed by atoms with Gasteiger partial charge < -0.3 is 45.1 Å². The fourth-order valence-electron chi connectivity index (χ4n) is 10.8. The number of esters is 1. The third-order valence-electron chi connectivity index (χ3n) is 16.5. The lowest BCUT2D eigenvalue weighted by Gasteiger charge is -2.41. The van der Waals surface area contributed by atoms with Crippen LogP contribution in [-0.4, -0.2) is 99.6 Å². The number of carbonyl (C=O) groups is 2. The van der Waals surface area contributed by atoms with Crippen molar-refractivity contribution in [3.63, 3.8) is 0 Å². The molecule has 87 heavy (non-hydrogen) atoms. The minimum absolute atomic E-state index is 0.115. The molecule has 0 aromatic heterocycles. The molecular weight excluding hydrogens is 1090 g/mol. The molecule has 0 saturated carbocycles. The Hall–Kier alpha value is -3.42. The molecule has 0 spiro atoms. The Bertz CT molecular complexity index is 1790. The van der Waals surface area contributed by atoms with Gasteiger partial charge in [-0.15, -0.1) is 0 Å². The number of hydrogen-bond donors (Lipinski definition) is 6. The SMILES string of the molecule is CCCCC/C=C\C/C=C\C/C=C\C/C=C\CCCCC(O)C(=O)NC(COC1OC(CO)C(O)C(O)C1OC(=O)CCCCCCCCCCCCCCCC/C=C\C/C=C\C/C=C\CCCCC)C(O)/C=C/CCCCCCCCCCCCC. The molecule has 1 saturated heterocycles. The quantitative estimate of drug-likeness (QED) is 0.0195. The second kappa shape index (κ2) is 62.8. The summed E-state index contributed by atoms with van der Waals surface area (Å²) >= 11 is 0. The highest BCUT2D eigenvalue weighted by Crippen LogP contribution is 2.26. The Morgan fingerprint density at radius 3 is 1.21 bits per heavy atom. The Labute approximate surface area is 533 Å². The first kappa shape index (κ1) is 81.6. The molecule has 0 aromatic rings. The number of rotatable bonds is 61. The molecule has 8 unspecified atom stereocenters. The Morgan fingerprint density at radius 2 is 0.793 bits per heavy atom. The zero-order valence-corrected chi connectivity index (χ0v) is 55.9. The van der Waals surface area contributed by atoms with E-state index in [0.29, 0.717) is 12.8 Å². The molecule has 1 rings (SSSR count). The molecule has 8 atom stereocenters. The number of carbonyl (C=O) groups excluding carboxylic acids is 2. The van der Waals surface area contributed by atoms with E-state index in [1.165, 1.54) is 173 Å². The van der Waals surface area contributed by atoms with Gasteiger partial charge in [0.2, 0.25) is 5.91 Å². The summed E-state index contributed by atoms with van der Waals surface area (Å²) in [6.45, 7) is 5.74. The zero-order chi connectivity index (χ0) is 63.1. The predicted octanol–water partition coefficient (Wildman–Crippen LogP) is 18.6. The van der Waals surface area contributed by atoms with Crippen LogP contribution in [-0.2, 0) is 23.8 Å². The third kappa shape index (κ3) is 50.0.